The molecule has 0 amide bonds. The second kappa shape index (κ2) is 5.79. The van der Waals surface area contributed by atoms with Crippen LogP contribution in [0, 0.1) is 0 Å². The molecule has 3 heterocycles. The summed E-state index contributed by atoms with van der Waals surface area (Å²) in [5.41, 5.74) is 0.791. The summed E-state index contributed by atoms with van der Waals surface area (Å²) < 4.78 is 8.17. The highest BCUT2D eigenvalue weighted by Crippen LogP contribution is 2.28. The van der Waals surface area contributed by atoms with Crippen molar-refractivity contribution >= 4 is 0 Å². The molecule has 1 saturated carbocycles. The van der Waals surface area contributed by atoms with E-state index < -0.39 is 5.76 Å². The Morgan fingerprint density at radius 1 is 1.22 bits per heavy atom. The Bertz CT molecular complexity index is 844. The molecule has 0 unspecified atom stereocenters. The Labute approximate surface area is 131 Å². The lowest BCUT2D eigenvalue weighted by atomic mass is 10.3. The van der Waals surface area contributed by atoms with Crippen LogP contribution in [-0.2, 0) is 6.54 Å². The van der Waals surface area contributed by atoms with Crippen LogP contribution in [0.3, 0.4) is 0 Å². The fraction of sp³-hybridized carbons (Fsp3) is 0.400. The van der Waals surface area contributed by atoms with Crippen LogP contribution in [0.25, 0.3) is 11.6 Å². The molecule has 0 aliphatic heterocycles. The third kappa shape index (κ3) is 2.67. The average Bonchev–Trinajstić information content (AvgIpc) is 3.31. The molecular weight excluding hydrogens is 296 g/mol. The first-order chi connectivity index (χ1) is 11.3. The summed E-state index contributed by atoms with van der Waals surface area (Å²) in [5, 5.41) is 8.37. The van der Waals surface area contributed by atoms with E-state index in [2.05, 4.69) is 20.2 Å². The van der Waals surface area contributed by atoms with Crippen LogP contribution in [0.4, 0.5) is 0 Å². The van der Waals surface area contributed by atoms with E-state index in [1.807, 2.05) is 16.9 Å². The third-order valence-corrected chi connectivity index (χ3v) is 4.13. The van der Waals surface area contributed by atoms with Crippen molar-refractivity contribution < 1.29 is 4.52 Å². The summed E-state index contributed by atoms with van der Waals surface area (Å²) in [7, 11) is 0. The lowest BCUT2D eigenvalue weighted by Crippen LogP contribution is -2.17. The Morgan fingerprint density at radius 3 is 2.78 bits per heavy atom. The molecule has 3 aromatic heterocycles. The van der Waals surface area contributed by atoms with Crippen LogP contribution in [0.2, 0.25) is 0 Å². The minimum atomic E-state index is -0.539. The first-order valence-electron chi connectivity index (χ1n) is 7.69. The van der Waals surface area contributed by atoms with Crippen molar-refractivity contribution in [3.63, 3.8) is 0 Å². The maximum Gasteiger partial charge on any atom is 0.442 e. The van der Waals surface area contributed by atoms with Gasteiger partial charge in [-0.1, -0.05) is 18.0 Å². The van der Waals surface area contributed by atoms with Gasteiger partial charge in [0.1, 0.15) is 0 Å². The summed E-state index contributed by atoms with van der Waals surface area (Å²) in [5.74, 6) is 0.127. The van der Waals surface area contributed by atoms with E-state index in [4.69, 9.17) is 4.52 Å². The molecule has 0 spiro atoms. The van der Waals surface area contributed by atoms with Gasteiger partial charge in [-0.3, -0.25) is 9.20 Å². The zero-order valence-electron chi connectivity index (χ0n) is 12.5. The number of nitrogens with zero attached hydrogens (tertiary/aromatic N) is 6. The predicted octanol–water partition coefficient (Wildman–Crippen LogP) is 1.65. The largest absolute Gasteiger partial charge is 0.442 e. The summed E-state index contributed by atoms with van der Waals surface area (Å²) in [6.07, 6.45) is 10.00. The van der Waals surface area contributed by atoms with Crippen LogP contribution in [0.5, 0.6) is 0 Å². The topological polar surface area (TPSA) is 91.6 Å². The minimum Gasteiger partial charge on any atom is -0.295 e. The van der Waals surface area contributed by atoms with Gasteiger partial charge in [-0.05, 0) is 25.0 Å². The highest BCUT2D eigenvalue weighted by Gasteiger charge is 2.19. The highest BCUT2D eigenvalue weighted by atomic mass is 16.5. The SMILES string of the molecule is O=c1onc(-c2ncccn2)n1Cc1ccn(C2CCCC2)n1. The molecule has 0 aromatic carbocycles. The summed E-state index contributed by atoms with van der Waals surface area (Å²) >= 11 is 0. The molecule has 0 radical (unpaired) electrons. The van der Waals surface area contributed by atoms with Gasteiger partial charge in [0.15, 0.2) is 5.82 Å². The Balaban J connectivity index is 1.62. The molecule has 23 heavy (non-hydrogen) atoms. The smallest absolute Gasteiger partial charge is 0.295 e. The van der Waals surface area contributed by atoms with Crippen LogP contribution < -0.4 is 5.76 Å². The van der Waals surface area contributed by atoms with Gasteiger partial charge in [-0.15, -0.1) is 0 Å². The molecule has 8 heteroatoms. The molecule has 0 atom stereocenters. The molecule has 0 N–H and O–H groups in total. The molecule has 3 aromatic rings. The van der Waals surface area contributed by atoms with Gasteiger partial charge in [0.2, 0.25) is 5.82 Å². The van der Waals surface area contributed by atoms with Gasteiger partial charge >= 0.3 is 5.76 Å². The quantitative estimate of drug-likeness (QED) is 0.727. The lowest BCUT2D eigenvalue weighted by Gasteiger charge is -2.08. The van der Waals surface area contributed by atoms with Crippen molar-refractivity contribution in [1.29, 1.82) is 0 Å². The second-order valence-electron chi connectivity index (χ2n) is 5.66. The maximum absolute atomic E-state index is 11.9. The standard InChI is InChI=1S/C15H16N6O2/c22-15-20(14(19-23-15)13-16-7-3-8-17-13)10-11-6-9-21(18-11)12-4-1-2-5-12/h3,6-9,12H,1-2,4-5,10H2. The van der Waals surface area contributed by atoms with Crippen molar-refractivity contribution in [2.75, 3.05) is 0 Å². The summed E-state index contributed by atoms with van der Waals surface area (Å²) in [6.45, 7) is 0.287. The normalized spacial score (nSPS) is 15.3. The van der Waals surface area contributed by atoms with E-state index in [-0.39, 0.29) is 6.54 Å². The number of hydrogen-bond donors (Lipinski definition) is 0. The molecular formula is C15H16N6O2. The summed E-state index contributed by atoms with van der Waals surface area (Å²) in [4.78, 5) is 20.2. The van der Waals surface area contributed by atoms with Crippen molar-refractivity contribution in [2.24, 2.45) is 0 Å². The molecule has 118 valence electrons. The zero-order chi connectivity index (χ0) is 15.6. The van der Waals surface area contributed by atoms with Crippen LogP contribution >= 0.6 is 0 Å². The molecule has 8 nitrogen and oxygen atoms in total. The highest BCUT2D eigenvalue weighted by molar-refractivity contribution is 5.41. The fourth-order valence-corrected chi connectivity index (χ4v) is 2.98. The van der Waals surface area contributed by atoms with Crippen molar-refractivity contribution in [3.8, 4) is 11.6 Å². The Hall–Kier alpha value is -2.77. The fourth-order valence-electron chi connectivity index (χ4n) is 2.98. The molecule has 1 fully saturated rings. The van der Waals surface area contributed by atoms with Gasteiger partial charge in [0.05, 0.1) is 18.3 Å². The van der Waals surface area contributed by atoms with E-state index in [9.17, 15) is 4.79 Å². The van der Waals surface area contributed by atoms with Crippen LogP contribution in [-0.4, -0.2) is 29.5 Å². The number of aromatic nitrogens is 6. The van der Waals surface area contributed by atoms with E-state index >= 15 is 0 Å². The van der Waals surface area contributed by atoms with E-state index in [0.717, 1.165) is 18.5 Å². The predicted molar refractivity (Wildman–Crippen MR) is 80.6 cm³/mol. The van der Waals surface area contributed by atoms with Crippen molar-refractivity contribution in [2.45, 2.75) is 38.3 Å². The van der Waals surface area contributed by atoms with Gasteiger partial charge in [-0.2, -0.15) is 5.10 Å². The van der Waals surface area contributed by atoms with Gasteiger partial charge in [0, 0.05) is 18.6 Å². The van der Waals surface area contributed by atoms with Gasteiger partial charge in [0.25, 0.3) is 0 Å². The van der Waals surface area contributed by atoms with Gasteiger partial charge < -0.3 is 0 Å². The van der Waals surface area contributed by atoms with Crippen LogP contribution in [0.1, 0.15) is 37.4 Å². The van der Waals surface area contributed by atoms with Gasteiger partial charge in [-0.25, -0.2) is 19.3 Å². The maximum atomic E-state index is 11.9. The zero-order valence-corrected chi connectivity index (χ0v) is 12.5. The molecule has 4 rings (SSSR count). The lowest BCUT2D eigenvalue weighted by molar-refractivity contribution is 0.377. The Morgan fingerprint density at radius 2 is 2.00 bits per heavy atom. The van der Waals surface area contributed by atoms with E-state index in [1.54, 1.807) is 18.5 Å². The van der Waals surface area contributed by atoms with E-state index in [1.165, 1.54) is 17.4 Å². The second-order valence-corrected chi connectivity index (χ2v) is 5.66. The summed E-state index contributed by atoms with van der Waals surface area (Å²) in [6, 6.07) is 4.10. The molecule has 1 aliphatic rings. The monoisotopic (exact) mass is 312 g/mol. The van der Waals surface area contributed by atoms with Crippen LogP contribution in [0.15, 0.2) is 40.0 Å². The molecule has 0 saturated heterocycles. The minimum absolute atomic E-state index is 0.287. The first kappa shape index (κ1) is 13.9. The average molecular weight is 312 g/mol. The third-order valence-electron chi connectivity index (χ3n) is 4.13. The first-order valence-corrected chi connectivity index (χ1v) is 7.69. The van der Waals surface area contributed by atoms with E-state index in [0.29, 0.717) is 17.7 Å². The molecule has 0 bridgehead atoms. The number of hydrogen-bond acceptors (Lipinski definition) is 6. The van der Waals surface area contributed by atoms with Crippen molar-refractivity contribution in [1.82, 2.24) is 29.5 Å². The Kier molecular flexibility index (Phi) is 3.49. The number of rotatable bonds is 4. The molecule has 1 aliphatic carbocycles. The van der Waals surface area contributed by atoms with Crippen molar-refractivity contribution in [3.05, 3.63) is 47.0 Å².